The highest BCUT2D eigenvalue weighted by Gasteiger charge is 2.09. The Labute approximate surface area is 96.9 Å². The lowest BCUT2D eigenvalue weighted by atomic mass is 9.97. The molecule has 1 unspecified atom stereocenters. The summed E-state index contributed by atoms with van der Waals surface area (Å²) in [5, 5.41) is 1.27. The van der Waals surface area contributed by atoms with Crippen molar-refractivity contribution >= 4 is 10.9 Å². The molecule has 0 spiro atoms. The zero-order valence-corrected chi connectivity index (χ0v) is 10.0. The van der Waals surface area contributed by atoms with E-state index in [1.54, 1.807) is 0 Å². The number of para-hydroxylation sites is 1. The van der Waals surface area contributed by atoms with E-state index in [1.165, 1.54) is 16.5 Å². The Morgan fingerprint density at radius 2 is 2.06 bits per heavy atom. The van der Waals surface area contributed by atoms with Crippen molar-refractivity contribution in [2.24, 2.45) is 11.7 Å². The van der Waals surface area contributed by atoms with Crippen LogP contribution in [0.25, 0.3) is 10.9 Å². The maximum Gasteiger partial charge on any atom is 0.0487 e. The number of nitrogens with two attached hydrogens (primary N) is 1. The molecule has 0 bridgehead atoms. The van der Waals surface area contributed by atoms with E-state index in [1.807, 2.05) is 6.20 Å². The van der Waals surface area contributed by atoms with Crippen molar-refractivity contribution in [3.05, 3.63) is 36.0 Å². The molecule has 1 heterocycles. The second-order valence-electron chi connectivity index (χ2n) is 4.95. The first kappa shape index (κ1) is 11.2. The first-order chi connectivity index (χ1) is 7.66. The van der Waals surface area contributed by atoms with Crippen molar-refractivity contribution in [1.29, 1.82) is 0 Å². The van der Waals surface area contributed by atoms with Crippen molar-refractivity contribution in [2.75, 3.05) is 0 Å². The molecule has 0 amide bonds. The van der Waals surface area contributed by atoms with E-state index in [9.17, 15) is 0 Å². The molecule has 16 heavy (non-hydrogen) atoms. The fourth-order valence-electron chi connectivity index (χ4n) is 2.29. The van der Waals surface area contributed by atoms with Crippen LogP contribution in [0.4, 0.5) is 0 Å². The number of H-pyrrole nitrogens is 1. The van der Waals surface area contributed by atoms with Crippen molar-refractivity contribution in [3.63, 3.8) is 0 Å². The first-order valence-corrected chi connectivity index (χ1v) is 5.97. The molecule has 86 valence electrons. The Morgan fingerprint density at radius 1 is 1.25 bits per heavy atom. The number of hydrogen-bond acceptors (Lipinski definition) is 1. The predicted octanol–water partition coefficient (Wildman–Crippen LogP) is 3.08. The largest absolute Gasteiger partial charge is 0.361 e. The summed E-state index contributed by atoms with van der Waals surface area (Å²) >= 11 is 0. The monoisotopic (exact) mass is 216 g/mol. The van der Waals surface area contributed by atoms with Gasteiger partial charge in [0.25, 0.3) is 0 Å². The van der Waals surface area contributed by atoms with E-state index in [-0.39, 0.29) is 6.04 Å². The lowest BCUT2D eigenvalue weighted by Crippen LogP contribution is -2.24. The molecule has 1 aromatic heterocycles. The molecule has 2 heteroatoms. The van der Waals surface area contributed by atoms with Crippen molar-refractivity contribution in [3.8, 4) is 0 Å². The maximum absolute atomic E-state index is 6.15. The summed E-state index contributed by atoms with van der Waals surface area (Å²) in [5.41, 5.74) is 8.72. The van der Waals surface area contributed by atoms with E-state index in [0.717, 1.165) is 12.8 Å². The molecule has 3 N–H and O–H groups in total. The third-order valence-corrected chi connectivity index (χ3v) is 2.93. The third-order valence-electron chi connectivity index (χ3n) is 2.93. The molecular weight excluding hydrogens is 196 g/mol. The van der Waals surface area contributed by atoms with Gasteiger partial charge >= 0.3 is 0 Å². The minimum Gasteiger partial charge on any atom is -0.361 e. The smallest absolute Gasteiger partial charge is 0.0487 e. The van der Waals surface area contributed by atoms with Gasteiger partial charge in [0.05, 0.1) is 0 Å². The fraction of sp³-hybridized carbons (Fsp3) is 0.429. The van der Waals surface area contributed by atoms with Gasteiger partial charge in [0.15, 0.2) is 0 Å². The standard InChI is InChI=1S/C14H20N2/c1-10(2)8-13(15)9-12-5-3-4-11-6-7-16-14(11)12/h3-7,10,13,16H,8-9,15H2,1-2H3. The Morgan fingerprint density at radius 3 is 2.81 bits per heavy atom. The molecule has 1 aromatic carbocycles. The van der Waals surface area contributed by atoms with Gasteiger partial charge in [-0.05, 0) is 35.8 Å². The average Bonchev–Trinajstić information content (AvgIpc) is 2.65. The minimum atomic E-state index is 0.258. The average molecular weight is 216 g/mol. The molecule has 0 aliphatic heterocycles. The minimum absolute atomic E-state index is 0.258. The van der Waals surface area contributed by atoms with Gasteiger partial charge in [0.1, 0.15) is 0 Å². The van der Waals surface area contributed by atoms with Crippen LogP contribution in [-0.4, -0.2) is 11.0 Å². The van der Waals surface area contributed by atoms with Crippen LogP contribution in [0.1, 0.15) is 25.8 Å². The number of rotatable bonds is 4. The molecule has 2 aromatic rings. The van der Waals surface area contributed by atoms with Crippen LogP contribution in [0.3, 0.4) is 0 Å². The van der Waals surface area contributed by atoms with Gasteiger partial charge in [0, 0.05) is 17.8 Å². The molecule has 1 atom stereocenters. The summed E-state index contributed by atoms with van der Waals surface area (Å²) in [4.78, 5) is 3.29. The van der Waals surface area contributed by atoms with E-state index in [2.05, 4.69) is 43.1 Å². The normalized spacial score (nSPS) is 13.5. The van der Waals surface area contributed by atoms with Crippen LogP contribution < -0.4 is 5.73 Å². The summed E-state index contributed by atoms with van der Waals surface area (Å²) in [5.74, 6) is 0.665. The number of aromatic nitrogens is 1. The maximum atomic E-state index is 6.15. The summed E-state index contributed by atoms with van der Waals surface area (Å²) in [6.45, 7) is 4.43. The lowest BCUT2D eigenvalue weighted by molar-refractivity contribution is 0.494. The van der Waals surface area contributed by atoms with Gasteiger partial charge in [-0.15, -0.1) is 0 Å². The van der Waals surface area contributed by atoms with Gasteiger partial charge in [-0.3, -0.25) is 0 Å². The van der Waals surface area contributed by atoms with Crippen molar-refractivity contribution in [2.45, 2.75) is 32.7 Å². The SMILES string of the molecule is CC(C)CC(N)Cc1cccc2cc[nH]c12. The van der Waals surface area contributed by atoms with Crippen LogP contribution in [0.2, 0.25) is 0 Å². The predicted molar refractivity (Wildman–Crippen MR) is 69.4 cm³/mol. The number of fused-ring (bicyclic) bond motifs is 1. The second kappa shape index (κ2) is 4.71. The molecule has 0 saturated heterocycles. The molecule has 0 radical (unpaired) electrons. The highest BCUT2D eigenvalue weighted by molar-refractivity contribution is 5.82. The van der Waals surface area contributed by atoms with E-state index in [4.69, 9.17) is 5.73 Å². The highest BCUT2D eigenvalue weighted by atomic mass is 14.7. The lowest BCUT2D eigenvalue weighted by Gasteiger charge is -2.14. The van der Waals surface area contributed by atoms with E-state index in [0.29, 0.717) is 5.92 Å². The molecule has 0 aliphatic rings. The van der Waals surface area contributed by atoms with Gasteiger partial charge < -0.3 is 10.7 Å². The number of nitrogens with one attached hydrogen (secondary N) is 1. The Hall–Kier alpha value is -1.28. The molecule has 2 nitrogen and oxygen atoms in total. The van der Waals surface area contributed by atoms with E-state index >= 15 is 0 Å². The van der Waals surface area contributed by atoms with Crippen molar-refractivity contribution in [1.82, 2.24) is 4.98 Å². The Balaban J connectivity index is 2.17. The molecule has 2 rings (SSSR count). The first-order valence-electron chi connectivity index (χ1n) is 5.97. The summed E-state index contributed by atoms with van der Waals surface area (Å²) < 4.78 is 0. The van der Waals surface area contributed by atoms with E-state index < -0.39 is 0 Å². The van der Waals surface area contributed by atoms with Gasteiger partial charge in [-0.2, -0.15) is 0 Å². The van der Waals surface area contributed by atoms with Gasteiger partial charge in [-0.1, -0.05) is 32.0 Å². The van der Waals surface area contributed by atoms with Crippen LogP contribution in [-0.2, 0) is 6.42 Å². The van der Waals surface area contributed by atoms with Crippen LogP contribution in [0, 0.1) is 5.92 Å². The van der Waals surface area contributed by atoms with Gasteiger partial charge in [-0.25, -0.2) is 0 Å². The summed E-state index contributed by atoms with van der Waals surface area (Å²) in [7, 11) is 0. The number of hydrogen-bond donors (Lipinski definition) is 2. The van der Waals surface area contributed by atoms with Crippen LogP contribution in [0.5, 0.6) is 0 Å². The van der Waals surface area contributed by atoms with Crippen molar-refractivity contribution < 1.29 is 0 Å². The van der Waals surface area contributed by atoms with Gasteiger partial charge in [0.2, 0.25) is 0 Å². The summed E-state index contributed by atoms with van der Waals surface area (Å²) in [6.07, 6.45) is 4.02. The fourth-order valence-corrected chi connectivity index (χ4v) is 2.29. The topological polar surface area (TPSA) is 41.8 Å². The molecular formula is C14H20N2. The summed E-state index contributed by atoms with van der Waals surface area (Å²) in [6, 6.07) is 8.76. The Bertz CT molecular complexity index is 456. The molecule has 0 fully saturated rings. The zero-order chi connectivity index (χ0) is 11.5. The number of benzene rings is 1. The molecule has 0 aliphatic carbocycles. The molecule has 0 saturated carbocycles. The van der Waals surface area contributed by atoms with Crippen LogP contribution >= 0.6 is 0 Å². The Kier molecular flexibility index (Phi) is 3.30. The second-order valence-corrected chi connectivity index (χ2v) is 4.95. The third kappa shape index (κ3) is 2.45. The van der Waals surface area contributed by atoms with Crippen LogP contribution in [0.15, 0.2) is 30.5 Å². The number of aromatic amines is 1. The quantitative estimate of drug-likeness (QED) is 0.810. The zero-order valence-electron chi connectivity index (χ0n) is 10.0. The highest BCUT2D eigenvalue weighted by Crippen LogP contribution is 2.19.